The van der Waals surface area contributed by atoms with E-state index in [9.17, 15) is 24.6 Å². The Hall–Kier alpha value is -3.39. The molecule has 0 spiro atoms. The molecule has 166 valence electrons. The van der Waals surface area contributed by atoms with Gasteiger partial charge in [0.1, 0.15) is 11.6 Å². The van der Waals surface area contributed by atoms with Crippen LogP contribution in [0, 0.1) is 0 Å². The van der Waals surface area contributed by atoms with Gasteiger partial charge in [-0.15, -0.1) is 0 Å². The minimum absolute atomic E-state index is 0.0277. The van der Waals surface area contributed by atoms with Crippen LogP contribution in [-0.2, 0) is 27.2 Å². The summed E-state index contributed by atoms with van der Waals surface area (Å²) in [6.45, 7) is 4.94. The number of aliphatic carboxylic acids is 2. The van der Waals surface area contributed by atoms with Crippen molar-refractivity contribution in [3.8, 4) is 0 Å². The van der Waals surface area contributed by atoms with E-state index in [2.05, 4.69) is 5.43 Å². The Morgan fingerprint density at radius 1 is 0.871 bits per heavy atom. The summed E-state index contributed by atoms with van der Waals surface area (Å²) in [4.78, 5) is 36.9. The smallest absolute Gasteiger partial charge is 0.425 e. The van der Waals surface area contributed by atoms with Crippen LogP contribution < -0.4 is 5.43 Å². The Labute approximate surface area is 181 Å². The second-order valence-electron chi connectivity index (χ2n) is 8.10. The second kappa shape index (κ2) is 10.6. The molecular formula is C23H28N2O6. The van der Waals surface area contributed by atoms with Gasteiger partial charge in [-0.3, -0.25) is 4.79 Å². The molecule has 1 amide bonds. The van der Waals surface area contributed by atoms with Gasteiger partial charge in [-0.2, -0.15) is 0 Å². The predicted octanol–water partition coefficient (Wildman–Crippen LogP) is 3.12. The quantitative estimate of drug-likeness (QED) is 0.526. The van der Waals surface area contributed by atoms with Gasteiger partial charge in [-0.1, -0.05) is 60.7 Å². The molecule has 8 heteroatoms. The minimum Gasteiger partial charge on any atom is -0.480 e. The molecule has 31 heavy (non-hydrogen) atoms. The van der Waals surface area contributed by atoms with Gasteiger partial charge in [0.15, 0.2) is 6.04 Å². The highest BCUT2D eigenvalue weighted by molar-refractivity contribution is 5.81. The Morgan fingerprint density at radius 3 is 1.77 bits per heavy atom. The SMILES string of the molecule is CC(C)(C)OC(=O)N(N[C@@H](Cc1ccccc1)C(=O)O)[C@@H](Cc1ccccc1)C(=O)O. The highest BCUT2D eigenvalue weighted by atomic mass is 16.6. The summed E-state index contributed by atoms with van der Waals surface area (Å²) in [6, 6.07) is 15.0. The highest BCUT2D eigenvalue weighted by Gasteiger charge is 2.36. The lowest BCUT2D eigenvalue weighted by Crippen LogP contribution is -2.59. The summed E-state index contributed by atoms with van der Waals surface area (Å²) in [5, 5.41) is 20.4. The predicted molar refractivity (Wildman–Crippen MR) is 114 cm³/mol. The van der Waals surface area contributed by atoms with E-state index >= 15 is 0 Å². The van der Waals surface area contributed by atoms with Gasteiger partial charge >= 0.3 is 18.0 Å². The summed E-state index contributed by atoms with van der Waals surface area (Å²) < 4.78 is 5.37. The largest absolute Gasteiger partial charge is 0.480 e. The number of hydrazine groups is 1. The zero-order valence-electron chi connectivity index (χ0n) is 17.8. The summed E-state index contributed by atoms with van der Waals surface area (Å²) in [6.07, 6.45) is -0.942. The second-order valence-corrected chi connectivity index (χ2v) is 8.10. The molecule has 0 radical (unpaired) electrons. The van der Waals surface area contributed by atoms with Crippen LogP contribution in [0.1, 0.15) is 31.9 Å². The molecule has 0 aromatic heterocycles. The zero-order chi connectivity index (χ0) is 23.0. The molecule has 0 saturated heterocycles. The number of carbonyl (C=O) groups is 3. The van der Waals surface area contributed by atoms with Gasteiger partial charge in [0.25, 0.3) is 0 Å². The van der Waals surface area contributed by atoms with Gasteiger partial charge in [0.2, 0.25) is 0 Å². The van der Waals surface area contributed by atoms with Gasteiger partial charge < -0.3 is 14.9 Å². The van der Waals surface area contributed by atoms with Crippen LogP contribution in [0.15, 0.2) is 60.7 Å². The lowest BCUT2D eigenvalue weighted by molar-refractivity contribution is -0.148. The van der Waals surface area contributed by atoms with Crippen molar-refractivity contribution in [1.29, 1.82) is 0 Å². The molecule has 0 aliphatic rings. The number of hydrogen-bond donors (Lipinski definition) is 3. The molecule has 3 N–H and O–H groups in total. The monoisotopic (exact) mass is 428 g/mol. The maximum atomic E-state index is 12.9. The van der Waals surface area contributed by atoms with E-state index in [0.717, 1.165) is 10.6 Å². The molecule has 0 saturated carbocycles. The first-order valence-corrected chi connectivity index (χ1v) is 9.88. The Kier molecular flexibility index (Phi) is 8.15. The third-order valence-corrected chi connectivity index (χ3v) is 4.33. The van der Waals surface area contributed by atoms with E-state index in [1.165, 1.54) is 0 Å². The van der Waals surface area contributed by atoms with Crippen molar-refractivity contribution in [2.75, 3.05) is 0 Å². The third-order valence-electron chi connectivity index (χ3n) is 4.33. The topological polar surface area (TPSA) is 116 Å². The average molecular weight is 428 g/mol. The Morgan fingerprint density at radius 2 is 1.35 bits per heavy atom. The number of hydrogen-bond acceptors (Lipinski definition) is 5. The lowest BCUT2D eigenvalue weighted by Gasteiger charge is -2.33. The molecule has 2 aromatic carbocycles. The van der Waals surface area contributed by atoms with Crippen molar-refractivity contribution in [1.82, 2.24) is 10.4 Å². The van der Waals surface area contributed by atoms with E-state index in [1.807, 2.05) is 0 Å². The molecule has 2 atom stereocenters. The van der Waals surface area contributed by atoms with E-state index in [0.29, 0.717) is 5.56 Å². The van der Waals surface area contributed by atoms with Crippen molar-refractivity contribution in [2.45, 2.75) is 51.3 Å². The zero-order valence-corrected chi connectivity index (χ0v) is 17.8. The van der Waals surface area contributed by atoms with Crippen LogP contribution in [0.4, 0.5) is 4.79 Å². The van der Waals surface area contributed by atoms with Crippen molar-refractivity contribution >= 4 is 18.0 Å². The third kappa shape index (κ3) is 7.75. The summed E-state index contributed by atoms with van der Waals surface area (Å²) >= 11 is 0. The molecule has 2 aromatic rings. The molecule has 0 bridgehead atoms. The molecule has 8 nitrogen and oxygen atoms in total. The molecule has 0 heterocycles. The van der Waals surface area contributed by atoms with Crippen molar-refractivity contribution < 1.29 is 29.3 Å². The van der Waals surface area contributed by atoms with Crippen LogP contribution in [-0.4, -0.2) is 50.9 Å². The first-order valence-electron chi connectivity index (χ1n) is 9.88. The number of carboxylic acid groups (broad SMARTS) is 2. The number of nitrogens with zero attached hydrogens (tertiary/aromatic N) is 1. The van der Waals surface area contributed by atoms with Crippen LogP contribution in [0.25, 0.3) is 0 Å². The maximum Gasteiger partial charge on any atom is 0.425 e. The van der Waals surface area contributed by atoms with Crippen LogP contribution >= 0.6 is 0 Å². The van der Waals surface area contributed by atoms with Crippen LogP contribution in [0.5, 0.6) is 0 Å². The summed E-state index contributed by atoms with van der Waals surface area (Å²) in [5.74, 6) is -2.51. The van der Waals surface area contributed by atoms with E-state index in [1.54, 1.807) is 81.4 Å². The molecule has 0 fully saturated rings. The number of carboxylic acids is 2. The standard InChI is InChI=1S/C23H28N2O6/c1-23(2,3)31-22(30)25(19(21(28)29)15-17-12-8-5-9-13-17)24-18(20(26)27)14-16-10-6-4-7-11-16/h4-13,18-19,24H,14-15H2,1-3H3,(H,26,27)(H,28,29)/t18-,19-/m0/s1. The highest BCUT2D eigenvalue weighted by Crippen LogP contribution is 2.15. The Bertz CT molecular complexity index is 880. The van der Waals surface area contributed by atoms with Crippen molar-refractivity contribution in [2.24, 2.45) is 0 Å². The molecule has 2 rings (SSSR count). The Balaban J connectivity index is 2.35. The van der Waals surface area contributed by atoms with Crippen LogP contribution in [0.3, 0.4) is 0 Å². The van der Waals surface area contributed by atoms with E-state index < -0.39 is 35.7 Å². The average Bonchev–Trinajstić information content (AvgIpc) is 2.69. The molecule has 0 aliphatic carbocycles. The first kappa shape index (κ1) is 23.9. The number of ether oxygens (including phenoxy) is 1. The number of rotatable bonds is 9. The van der Waals surface area contributed by atoms with Gasteiger partial charge in [0.05, 0.1) is 0 Å². The van der Waals surface area contributed by atoms with Crippen LogP contribution in [0.2, 0.25) is 0 Å². The van der Waals surface area contributed by atoms with Crippen molar-refractivity contribution in [3.05, 3.63) is 71.8 Å². The normalized spacial score (nSPS) is 13.1. The number of nitrogens with one attached hydrogen (secondary N) is 1. The maximum absolute atomic E-state index is 12.9. The number of carbonyl (C=O) groups excluding carboxylic acids is 1. The summed E-state index contributed by atoms with van der Waals surface area (Å²) in [5.41, 5.74) is 3.11. The molecular weight excluding hydrogens is 400 g/mol. The number of benzene rings is 2. The fraction of sp³-hybridized carbons (Fsp3) is 0.348. The summed E-state index contributed by atoms with van der Waals surface area (Å²) in [7, 11) is 0. The fourth-order valence-corrected chi connectivity index (χ4v) is 2.91. The van der Waals surface area contributed by atoms with Gasteiger partial charge in [-0.05, 0) is 31.9 Å². The molecule has 0 unspecified atom stereocenters. The van der Waals surface area contributed by atoms with Gasteiger partial charge in [0, 0.05) is 12.8 Å². The fourth-order valence-electron chi connectivity index (χ4n) is 2.91. The van der Waals surface area contributed by atoms with E-state index in [4.69, 9.17) is 4.74 Å². The first-order chi connectivity index (χ1) is 14.6. The molecule has 0 aliphatic heterocycles. The van der Waals surface area contributed by atoms with Crippen molar-refractivity contribution in [3.63, 3.8) is 0 Å². The van der Waals surface area contributed by atoms with Gasteiger partial charge in [-0.25, -0.2) is 20.0 Å². The number of amides is 1. The minimum atomic E-state index is -1.38. The lowest BCUT2D eigenvalue weighted by atomic mass is 10.0. The van der Waals surface area contributed by atoms with E-state index in [-0.39, 0.29) is 12.8 Å².